The zero-order valence-corrected chi connectivity index (χ0v) is 12.0. The number of hydrogen-bond acceptors (Lipinski definition) is 3. The summed E-state index contributed by atoms with van der Waals surface area (Å²) in [6, 6.07) is 0.0310. The van der Waals surface area contributed by atoms with Crippen molar-refractivity contribution in [2.75, 3.05) is 52.6 Å². The number of nitrogens with zero attached hydrogens (tertiary/aromatic N) is 1. The first-order chi connectivity index (χ1) is 9.24. The normalized spacial score (nSPS) is 19.5. The van der Waals surface area contributed by atoms with Crippen molar-refractivity contribution in [2.24, 2.45) is 5.92 Å². The van der Waals surface area contributed by atoms with E-state index in [4.69, 9.17) is 9.47 Å². The highest BCUT2D eigenvalue weighted by Gasteiger charge is 2.20. The monoisotopic (exact) mass is 274 g/mol. The molecule has 0 aromatic carbocycles. The molecule has 4 N–H and O–H groups in total. The number of urea groups is 1. The fourth-order valence-corrected chi connectivity index (χ4v) is 2.14. The summed E-state index contributed by atoms with van der Waals surface area (Å²) in [7, 11) is 0. The number of rotatable bonds is 8. The van der Waals surface area contributed by atoms with Crippen molar-refractivity contribution in [3.63, 3.8) is 0 Å². The van der Waals surface area contributed by atoms with Crippen LogP contribution in [0.5, 0.6) is 0 Å². The average Bonchev–Trinajstić information content (AvgIpc) is 2.41. The minimum Gasteiger partial charge on any atom is -0.377 e. The Morgan fingerprint density at radius 1 is 1.32 bits per heavy atom. The molecule has 1 heterocycles. The van der Waals surface area contributed by atoms with E-state index in [2.05, 4.69) is 18.0 Å². The van der Waals surface area contributed by atoms with Gasteiger partial charge in [-0.15, -0.1) is 0 Å². The van der Waals surface area contributed by atoms with Crippen LogP contribution in [0.25, 0.3) is 0 Å². The summed E-state index contributed by atoms with van der Waals surface area (Å²) < 4.78 is 10.6. The number of carbonyl (C=O) groups is 1. The zero-order valence-electron chi connectivity index (χ0n) is 12.0. The molecule has 0 spiro atoms. The SMILES string of the molecule is CC1CCCN(C(=O)NCCOCCOCC[NH3+])C1. The lowest BCUT2D eigenvalue weighted by molar-refractivity contribution is -0.374. The van der Waals surface area contributed by atoms with E-state index in [1.54, 1.807) is 0 Å². The molecule has 6 heteroatoms. The molecule has 1 aliphatic heterocycles. The molecule has 1 unspecified atom stereocenters. The third-order valence-corrected chi connectivity index (χ3v) is 3.13. The van der Waals surface area contributed by atoms with Crippen LogP contribution in [0, 0.1) is 5.92 Å². The first-order valence-corrected chi connectivity index (χ1v) is 7.21. The van der Waals surface area contributed by atoms with Gasteiger partial charge in [-0.3, -0.25) is 0 Å². The second-order valence-corrected chi connectivity index (χ2v) is 5.00. The molecular weight excluding hydrogens is 246 g/mol. The molecule has 2 amide bonds. The molecule has 6 nitrogen and oxygen atoms in total. The molecule has 112 valence electrons. The first kappa shape index (κ1) is 16.2. The fourth-order valence-electron chi connectivity index (χ4n) is 2.14. The molecular formula is C13H28N3O3+. The van der Waals surface area contributed by atoms with Crippen LogP contribution in [0.15, 0.2) is 0 Å². The molecule has 19 heavy (non-hydrogen) atoms. The molecule has 0 radical (unpaired) electrons. The van der Waals surface area contributed by atoms with Crippen LogP contribution in [-0.4, -0.2) is 63.5 Å². The van der Waals surface area contributed by atoms with Gasteiger partial charge in [-0.1, -0.05) is 6.92 Å². The van der Waals surface area contributed by atoms with Gasteiger partial charge in [0.2, 0.25) is 0 Å². The van der Waals surface area contributed by atoms with Crippen molar-refractivity contribution in [2.45, 2.75) is 19.8 Å². The maximum absolute atomic E-state index is 11.8. The lowest BCUT2D eigenvalue weighted by Crippen LogP contribution is -2.52. The standard InChI is InChI=1S/C13H27N3O3/c1-12-3-2-6-16(11-12)13(17)15-5-8-19-10-9-18-7-4-14/h12H,2-11,14H2,1H3,(H,15,17)/p+1. The van der Waals surface area contributed by atoms with E-state index in [1.165, 1.54) is 6.42 Å². The van der Waals surface area contributed by atoms with Gasteiger partial charge < -0.3 is 25.4 Å². The topological polar surface area (TPSA) is 78.4 Å². The number of quaternary nitrogens is 1. The zero-order chi connectivity index (χ0) is 13.9. The molecule has 1 atom stereocenters. The Balaban J connectivity index is 1.95. The Labute approximate surface area is 115 Å². The van der Waals surface area contributed by atoms with Gasteiger partial charge in [-0.25, -0.2) is 4.79 Å². The van der Waals surface area contributed by atoms with Gasteiger partial charge in [-0.2, -0.15) is 0 Å². The second-order valence-electron chi connectivity index (χ2n) is 5.00. The highest BCUT2D eigenvalue weighted by molar-refractivity contribution is 5.74. The molecule has 0 aliphatic carbocycles. The van der Waals surface area contributed by atoms with Gasteiger partial charge in [0.15, 0.2) is 0 Å². The van der Waals surface area contributed by atoms with Crippen molar-refractivity contribution in [3.05, 3.63) is 0 Å². The number of carbonyl (C=O) groups excluding carboxylic acids is 1. The van der Waals surface area contributed by atoms with Gasteiger partial charge in [0.05, 0.1) is 33.0 Å². The van der Waals surface area contributed by atoms with Crippen LogP contribution in [0.1, 0.15) is 19.8 Å². The minimum absolute atomic E-state index is 0.0310. The Bertz CT molecular complexity index is 251. The van der Waals surface area contributed by atoms with E-state index in [9.17, 15) is 4.79 Å². The number of nitrogens with one attached hydrogen (secondary N) is 1. The van der Waals surface area contributed by atoms with E-state index in [0.717, 1.165) is 26.1 Å². The quantitative estimate of drug-likeness (QED) is 0.597. The van der Waals surface area contributed by atoms with E-state index in [0.29, 0.717) is 38.9 Å². The largest absolute Gasteiger partial charge is 0.377 e. The van der Waals surface area contributed by atoms with Crippen LogP contribution in [0.2, 0.25) is 0 Å². The summed E-state index contributed by atoms with van der Waals surface area (Å²) in [6.45, 7) is 7.62. The minimum atomic E-state index is 0.0310. The number of ether oxygens (including phenoxy) is 2. The van der Waals surface area contributed by atoms with Crippen LogP contribution in [0.3, 0.4) is 0 Å². The Kier molecular flexibility index (Phi) is 8.53. The third-order valence-electron chi connectivity index (χ3n) is 3.13. The van der Waals surface area contributed by atoms with Crippen molar-refractivity contribution < 1.29 is 20.0 Å². The molecule has 1 saturated heterocycles. The van der Waals surface area contributed by atoms with Gasteiger partial charge >= 0.3 is 6.03 Å². The highest BCUT2D eigenvalue weighted by Crippen LogP contribution is 2.14. The van der Waals surface area contributed by atoms with E-state index >= 15 is 0 Å². The maximum Gasteiger partial charge on any atom is 0.317 e. The first-order valence-electron chi connectivity index (χ1n) is 7.21. The summed E-state index contributed by atoms with van der Waals surface area (Å²) in [5.74, 6) is 0.612. The molecule has 1 fully saturated rings. The number of hydrogen-bond donors (Lipinski definition) is 2. The summed E-state index contributed by atoms with van der Waals surface area (Å²) in [6.07, 6.45) is 2.33. The van der Waals surface area contributed by atoms with E-state index in [-0.39, 0.29) is 6.03 Å². The van der Waals surface area contributed by atoms with E-state index in [1.807, 2.05) is 4.90 Å². The summed E-state index contributed by atoms with van der Waals surface area (Å²) in [4.78, 5) is 13.7. The second kappa shape index (κ2) is 10.00. The molecule has 0 bridgehead atoms. The maximum atomic E-state index is 11.8. The predicted molar refractivity (Wildman–Crippen MR) is 72.8 cm³/mol. The molecule has 0 aromatic heterocycles. The van der Waals surface area contributed by atoms with Crippen molar-refractivity contribution in [1.82, 2.24) is 10.2 Å². The fraction of sp³-hybridized carbons (Fsp3) is 0.923. The van der Waals surface area contributed by atoms with Gasteiger partial charge in [0.1, 0.15) is 0 Å². The number of likely N-dealkylation sites (tertiary alicyclic amines) is 1. The molecule has 0 saturated carbocycles. The number of amides is 2. The number of piperidine rings is 1. The van der Waals surface area contributed by atoms with Gasteiger partial charge in [-0.05, 0) is 18.8 Å². The smallest absolute Gasteiger partial charge is 0.317 e. The Morgan fingerprint density at radius 3 is 2.74 bits per heavy atom. The van der Waals surface area contributed by atoms with Crippen molar-refractivity contribution in [1.29, 1.82) is 0 Å². The van der Waals surface area contributed by atoms with Crippen LogP contribution < -0.4 is 11.1 Å². The van der Waals surface area contributed by atoms with Gasteiger partial charge in [0.25, 0.3) is 0 Å². The third kappa shape index (κ3) is 7.34. The van der Waals surface area contributed by atoms with Crippen molar-refractivity contribution in [3.8, 4) is 0 Å². The molecule has 1 aliphatic rings. The van der Waals surface area contributed by atoms with Crippen LogP contribution in [-0.2, 0) is 9.47 Å². The summed E-state index contributed by atoms with van der Waals surface area (Å²) in [5, 5.41) is 2.89. The van der Waals surface area contributed by atoms with Gasteiger partial charge in [0, 0.05) is 19.6 Å². The molecule has 1 rings (SSSR count). The summed E-state index contributed by atoms with van der Waals surface area (Å²) in [5.41, 5.74) is 3.68. The van der Waals surface area contributed by atoms with Crippen LogP contribution >= 0.6 is 0 Å². The highest BCUT2D eigenvalue weighted by atomic mass is 16.5. The summed E-state index contributed by atoms with van der Waals surface area (Å²) >= 11 is 0. The van der Waals surface area contributed by atoms with Crippen LogP contribution in [0.4, 0.5) is 4.79 Å². The van der Waals surface area contributed by atoms with Crippen molar-refractivity contribution >= 4 is 6.03 Å². The Morgan fingerprint density at radius 2 is 2.05 bits per heavy atom. The lowest BCUT2D eigenvalue weighted by atomic mass is 10.0. The average molecular weight is 274 g/mol. The Hall–Kier alpha value is -0.850. The molecule has 0 aromatic rings. The lowest BCUT2D eigenvalue weighted by Gasteiger charge is -2.30. The predicted octanol–water partition coefficient (Wildman–Crippen LogP) is -0.297. The van der Waals surface area contributed by atoms with E-state index < -0.39 is 0 Å².